The predicted octanol–water partition coefficient (Wildman–Crippen LogP) is 2.06. The van der Waals surface area contributed by atoms with E-state index < -0.39 is 0 Å². The molecule has 2 rings (SSSR count). The van der Waals surface area contributed by atoms with Crippen LogP contribution in [0.15, 0.2) is 0 Å². The summed E-state index contributed by atoms with van der Waals surface area (Å²) in [5.41, 5.74) is 6.59. The van der Waals surface area contributed by atoms with Gasteiger partial charge in [0, 0.05) is 18.1 Å². The Morgan fingerprint density at radius 2 is 2.00 bits per heavy atom. The fraction of sp³-hybridized carbons (Fsp3) is 1.00. The van der Waals surface area contributed by atoms with E-state index in [4.69, 9.17) is 5.73 Å². The summed E-state index contributed by atoms with van der Waals surface area (Å²) in [7, 11) is 2.27. The third-order valence-electron chi connectivity index (χ3n) is 5.02. The molecule has 0 aromatic rings. The van der Waals surface area contributed by atoms with Crippen molar-refractivity contribution in [1.29, 1.82) is 0 Å². The minimum absolute atomic E-state index is 0.161. The molecule has 1 atom stereocenters. The van der Waals surface area contributed by atoms with Crippen LogP contribution in [0, 0.1) is 0 Å². The van der Waals surface area contributed by atoms with E-state index in [1.807, 2.05) is 0 Å². The molecule has 0 aromatic carbocycles. The summed E-state index contributed by atoms with van der Waals surface area (Å²) < 4.78 is 0. The normalized spacial score (nSPS) is 28.3. The molecule has 18 heavy (non-hydrogen) atoms. The second-order valence-electron chi connectivity index (χ2n) is 6.51. The van der Waals surface area contributed by atoms with E-state index >= 15 is 0 Å². The second-order valence-corrected chi connectivity index (χ2v) is 6.51. The van der Waals surface area contributed by atoms with Gasteiger partial charge >= 0.3 is 0 Å². The van der Waals surface area contributed by atoms with Crippen molar-refractivity contribution in [2.45, 2.75) is 63.5 Å². The predicted molar refractivity (Wildman–Crippen MR) is 77.8 cm³/mol. The van der Waals surface area contributed by atoms with E-state index in [1.54, 1.807) is 0 Å². The minimum atomic E-state index is 0.161. The largest absolute Gasteiger partial charge is 0.325 e. The van der Waals surface area contributed by atoms with Crippen LogP contribution in [0.25, 0.3) is 0 Å². The maximum atomic E-state index is 6.43. The van der Waals surface area contributed by atoms with E-state index in [9.17, 15) is 0 Å². The van der Waals surface area contributed by atoms with Gasteiger partial charge in [0.15, 0.2) is 0 Å². The summed E-state index contributed by atoms with van der Waals surface area (Å²) in [6.45, 7) is 7.19. The minimum Gasteiger partial charge on any atom is -0.325 e. The maximum Gasteiger partial charge on any atom is 0.0223 e. The zero-order valence-corrected chi connectivity index (χ0v) is 12.3. The van der Waals surface area contributed by atoms with Gasteiger partial charge in [-0.2, -0.15) is 0 Å². The highest BCUT2D eigenvalue weighted by Gasteiger charge is 2.30. The fourth-order valence-electron chi connectivity index (χ4n) is 3.71. The highest BCUT2D eigenvalue weighted by atomic mass is 15.2. The molecular formula is C15H31N3. The average molecular weight is 253 g/mol. The number of nitrogens with zero attached hydrogens (tertiary/aromatic N) is 2. The van der Waals surface area contributed by atoms with Crippen LogP contribution in [0.1, 0.15) is 51.9 Å². The molecular weight excluding hydrogens is 222 g/mol. The number of hydrogen-bond donors (Lipinski definition) is 1. The van der Waals surface area contributed by atoms with Gasteiger partial charge in [0.1, 0.15) is 0 Å². The lowest BCUT2D eigenvalue weighted by Gasteiger charge is -2.30. The first kappa shape index (κ1) is 14.3. The maximum absolute atomic E-state index is 6.43. The Balaban J connectivity index is 1.70. The molecule has 1 aliphatic carbocycles. The monoisotopic (exact) mass is 253 g/mol. The molecule has 0 bridgehead atoms. The van der Waals surface area contributed by atoms with Crippen molar-refractivity contribution < 1.29 is 0 Å². The standard InChI is InChI=1S/C15H31N3/c1-3-18-11-6-7-14(18)13-17(2)12-10-15(16)8-4-5-9-15/h14H,3-13,16H2,1-2H3. The van der Waals surface area contributed by atoms with Gasteiger partial charge in [-0.05, 0) is 58.8 Å². The quantitative estimate of drug-likeness (QED) is 0.786. The Morgan fingerprint density at radius 1 is 1.28 bits per heavy atom. The Bertz CT molecular complexity index is 248. The molecule has 2 N–H and O–H groups in total. The molecule has 3 nitrogen and oxygen atoms in total. The van der Waals surface area contributed by atoms with E-state index in [0.29, 0.717) is 0 Å². The van der Waals surface area contributed by atoms with Crippen LogP contribution in [0.4, 0.5) is 0 Å². The molecule has 0 spiro atoms. The van der Waals surface area contributed by atoms with Gasteiger partial charge in [0.2, 0.25) is 0 Å². The summed E-state index contributed by atoms with van der Waals surface area (Å²) in [6.07, 6.45) is 9.11. The van der Waals surface area contributed by atoms with E-state index in [2.05, 4.69) is 23.8 Å². The molecule has 0 radical (unpaired) electrons. The van der Waals surface area contributed by atoms with Gasteiger partial charge in [-0.1, -0.05) is 19.8 Å². The van der Waals surface area contributed by atoms with Crippen LogP contribution < -0.4 is 5.73 Å². The van der Waals surface area contributed by atoms with Crippen molar-refractivity contribution in [1.82, 2.24) is 9.80 Å². The third-order valence-corrected chi connectivity index (χ3v) is 5.02. The van der Waals surface area contributed by atoms with Gasteiger partial charge in [0.05, 0.1) is 0 Å². The van der Waals surface area contributed by atoms with Gasteiger partial charge in [-0.15, -0.1) is 0 Å². The first-order valence-corrected chi connectivity index (χ1v) is 7.84. The SMILES string of the molecule is CCN1CCCC1CN(C)CCC1(N)CCCC1. The highest BCUT2D eigenvalue weighted by Crippen LogP contribution is 2.30. The van der Waals surface area contributed by atoms with Crippen molar-refractivity contribution in [3.8, 4) is 0 Å². The molecule has 0 amide bonds. The van der Waals surface area contributed by atoms with Crippen LogP contribution >= 0.6 is 0 Å². The van der Waals surface area contributed by atoms with Crippen LogP contribution in [0.2, 0.25) is 0 Å². The lowest BCUT2D eigenvalue weighted by atomic mass is 9.94. The summed E-state index contributed by atoms with van der Waals surface area (Å²) in [6, 6.07) is 0.789. The Kier molecular flexibility index (Phi) is 5.05. The van der Waals surface area contributed by atoms with Gasteiger partial charge in [0.25, 0.3) is 0 Å². The molecule has 106 valence electrons. The molecule has 1 saturated carbocycles. The van der Waals surface area contributed by atoms with Crippen molar-refractivity contribution in [3.63, 3.8) is 0 Å². The number of rotatable bonds is 6. The highest BCUT2D eigenvalue weighted by molar-refractivity contribution is 4.90. The molecule has 2 aliphatic rings. The number of likely N-dealkylation sites (tertiary alicyclic amines) is 1. The summed E-state index contributed by atoms with van der Waals surface area (Å²) >= 11 is 0. The van der Waals surface area contributed by atoms with Gasteiger partial charge in [-0.25, -0.2) is 0 Å². The Hall–Kier alpha value is -0.120. The number of nitrogens with two attached hydrogens (primary N) is 1. The Labute approximate surface area is 113 Å². The van der Waals surface area contributed by atoms with E-state index in [-0.39, 0.29) is 5.54 Å². The molecule has 3 heteroatoms. The lowest BCUT2D eigenvalue weighted by molar-refractivity contribution is 0.188. The van der Waals surface area contributed by atoms with E-state index in [0.717, 1.165) is 6.04 Å². The average Bonchev–Trinajstić information content (AvgIpc) is 2.96. The molecule has 1 aliphatic heterocycles. The van der Waals surface area contributed by atoms with Crippen LogP contribution in [-0.4, -0.2) is 54.6 Å². The lowest BCUT2D eigenvalue weighted by Crippen LogP contribution is -2.43. The molecule has 0 aromatic heterocycles. The topological polar surface area (TPSA) is 32.5 Å². The molecule has 1 unspecified atom stereocenters. The molecule has 1 heterocycles. The fourth-order valence-corrected chi connectivity index (χ4v) is 3.71. The first-order chi connectivity index (χ1) is 8.63. The van der Waals surface area contributed by atoms with Gasteiger partial charge in [-0.3, -0.25) is 4.90 Å². The van der Waals surface area contributed by atoms with E-state index in [1.165, 1.54) is 71.1 Å². The zero-order valence-electron chi connectivity index (χ0n) is 12.3. The summed E-state index contributed by atoms with van der Waals surface area (Å²) in [4.78, 5) is 5.13. The number of likely N-dealkylation sites (N-methyl/N-ethyl adjacent to an activating group) is 2. The Morgan fingerprint density at radius 3 is 2.67 bits per heavy atom. The van der Waals surface area contributed by atoms with Crippen molar-refractivity contribution in [3.05, 3.63) is 0 Å². The first-order valence-electron chi connectivity index (χ1n) is 7.84. The van der Waals surface area contributed by atoms with Gasteiger partial charge < -0.3 is 10.6 Å². The third kappa shape index (κ3) is 3.69. The summed E-state index contributed by atoms with van der Waals surface area (Å²) in [5, 5.41) is 0. The zero-order chi connectivity index (χ0) is 13.0. The van der Waals surface area contributed by atoms with Crippen LogP contribution in [-0.2, 0) is 0 Å². The molecule has 1 saturated heterocycles. The number of hydrogen-bond acceptors (Lipinski definition) is 3. The van der Waals surface area contributed by atoms with Crippen molar-refractivity contribution in [2.75, 3.05) is 33.2 Å². The van der Waals surface area contributed by atoms with Crippen molar-refractivity contribution in [2.24, 2.45) is 5.73 Å². The summed E-state index contributed by atoms with van der Waals surface area (Å²) in [5.74, 6) is 0. The van der Waals surface area contributed by atoms with Crippen molar-refractivity contribution >= 4 is 0 Å². The smallest absolute Gasteiger partial charge is 0.0223 e. The molecule has 2 fully saturated rings. The van der Waals surface area contributed by atoms with Crippen LogP contribution in [0.3, 0.4) is 0 Å². The van der Waals surface area contributed by atoms with Crippen LogP contribution in [0.5, 0.6) is 0 Å². The second kappa shape index (κ2) is 6.36.